The highest BCUT2D eigenvalue weighted by Gasteiger charge is 2.19. The number of ether oxygens (including phenoxy) is 3. The first-order chi connectivity index (χ1) is 32.0. The van der Waals surface area contributed by atoms with Crippen LogP contribution in [0.25, 0.3) is 0 Å². The van der Waals surface area contributed by atoms with Crippen molar-refractivity contribution >= 4 is 17.9 Å². The first-order valence-corrected chi connectivity index (χ1v) is 27.8. The Balaban J connectivity index is 4.38. The zero-order chi connectivity index (χ0) is 47.2. The van der Waals surface area contributed by atoms with Gasteiger partial charge in [-0.1, -0.05) is 236 Å². The zero-order valence-corrected chi connectivity index (χ0v) is 43.0. The summed E-state index contributed by atoms with van der Waals surface area (Å²) in [4.78, 5) is 38.0. The molecule has 0 saturated heterocycles. The molecule has 0 N–H and O–H groups in total. The van der Waals surface area contributed by atoms with Gasteiger partial charge in [-0.05, 0) is 83.5 Å². The number of rotatable bonds is 50. The van der Waals surface area contributed by atoms with Gasteiger partial charge in [0.1, 0.15) is 13.2 Å². The number of esters is 3. The van der Waals surface area contributed by atoms with E-state index in [0.717, 1.165) is 96.3 Å². The monoisotopic (exact) mass is 909 g/mol. The average Bonchev–Trinajstić information content (AvgIpc) is 3.30. The normalized spacial score (nSPS) is 12.5. The Morgan fingerprint density at radius 3 is 1.00 bits per heavy atom. The highest BCUT2D eigenvalue weighted by molar-refractivity contribution is 5.71. The number of hydrogen-bond acceptors (Lipinski definition) is 6. The van der Waals surface area contributed by atoms with Crippen molar-refractivity contribution in [2.45, 2.75) is 284 Å². The number of carbonyl (C=O) groups is 3. The summed E-state index contributed by atoms with van der Waals surface area (Å²) in [7, 11) is 0. The van der Waals surface area contributed by atoms with Crippen LogP contribution in [0.4, 0.5) is 0 Å². The predicted octanol–water partition coefficient (Wildman–Crippen LogP) is 18.4. The summed E-state index contributed by atoms with van der Waals surface area (Å²) >= 11 is 0. The molecule has 0 unspecified atom stereocenters. The van der Waals surface area contributed by atoms with Crippen LogP contribution in [0.5, 0.6) is 0 Å². The first-order valence-electron chi connectivity index (χ1n) is 27.8. The second kappa shape index (κ2) is 53.7. The van der Waals surface area contributed by atoms with Gasteiger partial charge in [0.2, 0.25) is 0 Å². The molecular formula is C59H104O6. The minimum Gasteiger partial charge on any atom is -0.462 e. The summed E-state index contributed by atoms with van der Waals surface area (Å²) in [6.07, 6.45) is 66.4. The Labute approximate surface area is 402 Å². The van der Waals surface area contributed by atoms with Crippen LogP contribution in [0.15, 0.2) is 60.8 Å². The highest BCUT2D eigenvalue weighted by atomic mass is 16.6. The fourth-order valence-electron chi connectivity index (χ4n) is 7.84. The summed E-state index contributed by atoms with van der Waals surface area (Å²) in [6, 6.07) is 0. The minimum atomic E-state index is -0.793. The van der Waals surface area contributed by atoms with Gasteiger partial charge in [-0.2, -0.15) is 0 Å². The molecule has 0 aromatic heterocycles. The molecule has 0 fully saturated rings. The maximum Gasteiger partial charge on any atom is 0.306 e. The fraction of sp³-hybridized carbons (Fsp3) is 0.780. The Morgan fingerprint density at radius 1 is 0.323 bits per heavy atom. The topological polar surface area (TPSA) is 78.9 Å². The minimum absolute atomic E-state index is 0.0884. The maximum absolute atomic E-state index is 12.8. The van der Waals surface area contributed by atoms with E-state index in [1.54, 1.807) is 0 Å². The third kappa shape index (κ3) is 51.9. The van der Waals surface area contributed by atoms with Crippen molar-refractivity contribution in [3.05, 3.63) is 60.8 Å². The second-order valence-corrected chi connectivity index (χ2v) is 18.5. The first kappa shape index (κ1) is 62.1. The Bertz CT molecular complexity index is 1180. The molecule has 0 rings (SSSR count). The van der Waals surface area contributed by atoms with Gasteiger partial charge in [0.25, 0.3) is 0 Å². The number of hydrogen-bond donors (Lipinski definition) is 0. The molecule has 0 saturated carbocycles. The Hall–Kier alpha value is -2.89. The van der Waals surface area contributed by atoms with Crippen LogP contribution in [0, 0.1) is 0 Å². The van der Waals surface area contributed by atoms with E-state index in [4.69, 9.17) is 14.2 Å². The summed E-state index contributed by atoms with van der Waals surface area (Å²) < 4.78 is 16.8. The van der Waals surface area contributed by atoms with Crippen LogP contribution in [-0.4, -0.2) is 37.2 Å². The lowest BCUT2D eigenvalue weighted by atomic mass is 10.0. The van der Waals surface area contributed by atoms with Gasteiger partial charge in [-0.15, -0.1) is 0 Å². The van der Waals surface area contributed by atoms with E-state index in [0.29, 0.717) is 19.3 Å². The van der Waals surface area contributed by atoms with Gasteiger partial charge < -0.3 is 14.2 Å². The zero-order valence-electron chi connectivity index (χ0n) is 43.0. The van der Waals surface area contributed by atoms with E-state index in [1.807, 2.05) is 0 Å². The summed E-state index contributed by atoms with van der Waals surface area (Å²) in [5.74, 6) is -0.931. The van der Waals surface area contributed by atoms with Crippen LogP contribution in [0.1, 0.15) is 278 Å². The van der Waals surface area contributed by atoms with Crippen LogP contribution >= 0.6 is 0 Å². The summed E-state index contributed by atoms with van der Waals surface area (Å²) in [5.41, 5.74) is 0. The largest absolute Gasteiger partial charge is 0.462 e. The molecule has 0 heterocycles. The van der Waals surface area contributed by atoms with Crippen LogP contribution in [-0.2, 0) is 28.6 Å². The van der Waals surface area contributed by atoms with Crippen molar-refractivity contribution in [2.75, 3.05) is 13.2 Å². The quantitative estimate of drug-likeness (QED) is 0.0262. The number of carbonyl (C=O) groups excluding carboxylic acids is 3. The lowest BCUT2D eigenvalue weighted by molar-refractivity contribution is -0.167. The van der Waals surface area contributed by atoms with E-state index >= 15 is 0 Å². The number of allylic oxidation sites excluding steroid dienone is 10. The molecule has 1 atom stereocenters. The molecule has 0 spiro atoms. The van der Waals surface area contributed by atoms with E-state index < -0.39 is 6.10 Å². The number of unbranched alkanes of at least 4 members (excludes halogenated alkanes) is 29. The van der Waals surface area contributed by atoms with E-state index in [2.05, 4.69) is 81.5 Å². The van der Waals surface area contributed by atoms with Crippen molar-refractivity contribution < 1.29 is 28.6 Å². The molecule has 0 aromatic rings. The summed E-state index contributed by atoms with van der Waals surface area (Å²) in [5, 5.41) is 0. The van der Waals surface area contributed by atoms with Gasteiger partial charge in [0, 0.05) is 19.3 Å². The highest BCUT2D eigenvalue weighted by Crippen LogP contribution is 2.16. The predicted molar refractivity (Wildman–Crippen MR) is 279 cm³/mol. The molecule has 0 bridgehead atoms. The van der Waals surface area contributed by atoms with Crippen LogP contribution in [0.3, 0.4) is 0 Å². The van der Waals surface area contributed by atoms with Crippen molar-refractivity contribution in [3.8, 4) is 0 Å². The molecule has 65 heavy (non-hydrogen) atoms. The third-order valence-corrected chi connectivity index (χ3v) is 12.0. The van der Waals surface area contributed by atoms with E-state index in [-0.39, 0.29) is 31.1 Å². The van der Waals surface area contributed by atoms with Crippen molar-refractivity contribution in [2.24, 2.45) is 0 Å². The van der Waals surface area contributed by atoms with Crippen molar-refractivity contribution in [3.63, 3.8) is 0 Å². The smallest absolute Gasteiger partial charge is 0.306 e. The van der Waals surface area contributed by atoms with Crippen molar-refractivity contribution in [1.29, 1.82) is 0 Å². The third-order valence-electron chi connectivity index (χ3n) is 12.0. The van der Waals surface area contributed by atoms with Crippen LogP contribution < -0.4 is 0 Å². The summed E-state index contributed by atoms with van der Waals surface area (Å²) in [6.45, 7) is 6.49. The SMILES string of the molecule is CC/C=C\C/C=C\C/C=C\C/C=C\CCCCC(=O)OC[C@H](COC(=O)CCCCCCCCCCCCCCCCCCCCC)OC(=O)CCCCCCC/C=C\CCCCCC. The Morgan fingerprint density at radius 2 is 0.600 bits per heavy atom. The second-order valence-electron chi connectivity index (χ2n) is 18.5. The van der Waals surface area contributed by atoms with E-state index in [1.165, 1.54) is 141 Å². The molecular weight excluding hydrogens is 805 g/mol. The molecule has 6 nitrogen and oxygen atoms in total. The molecule has 0 aliphatic heterocycles. The Kier molecular flexibility index (Phi) is 51.3. The van der Waals surface area contributed by atoms with Crippen molar-refractivity contribution in [1.82, 2.24) is 0 Å². The lowest BCUT2D eigenvalue weighted by Crippen LogP contribution is -2.30. The lowest BCUT2D eigenvalue weighted by Gasteiger charge is -2.18. The van der Waals surface area contributed by atoms with Crippen LogP contribution in [0.2, 0.25) is 0 Å². The fourth-order valence-corrected chi connectivity index (χ4v) is 7.84. The van der Waals surface area contributed by atoms with Gasteiger partial charge in [-0.3, -0.25) is 14.4 Å². The average molecular weight is 909 g/mol. The molecule has 6 heteroatoms. The molecule has 0 aliphatic carbocycles. The van der Waals surface area contributed by atoms with Gasteiger partial charge in [0.15, 0.2) is 6.10 Å². The molecule has 0 radical (unpaired) electrons. The molecule has 0 amide bonds. The standard InChI is InChI=1S/C59H104O6/c1-4-7-10-13-16-19-22-25-27-28-29-30-32-35-37-40-43-46-49-52-58(61)64-55-56(65-59(62)53-50-47-44-41-38-33-24-21-18-15-12-9-6-3)54-63-57(60)51-48-45-42-39-36-34-31-26-23-20-17-14-11-8-5-2/h8,11,17,20-21,24,26,31,36,39,56H,4-7,9-10,12-16,18-19,22-23,25,27-30,32-35,37-38,40-55H2,1-3H3/b11-8-,20-17-,24-21-,31-26-,39-36-/t56-/m1/s1. The molecule has 376 valence electrons. The van der Waals surface area contributed by atoms with E-state index in [9.17, 15) is 14.4 Å². The van der Waals surface area contributed by atoms with Gasteiger partial charge in [-0.25, -0.2) is 0 Å². The van der Waals surface area contributed by atoms with Gasteiger partial charge >= 0.3 is 17.9 Å². The van der Waals surface area contributed by atoms with Gasteiger partial charge in [0.05, 0.1) is 0 Å². The molecule has 0 aliphatic rings. The molecule has 0 aromatic carbocycles. The maximum atomic E-state index is 12.8.